The summed E-state index contributed by atoms with van der Waals surface area (Å²) < 4.78 is 71.2. The van der Waals surface area contributed by atoms with Crippen LogP contribution in [0.15, 0.2) is 0 Å². The van der Waals surface area contributed by atoms with Crippen molar-refractivity contribution in [2.24, 2.45) is 0 Å². The minimum Gasteiger partial charge on any atom is -0.771 e. The van der Waals surface area contributed by atoms with Crippen molar-refractivity contribution in [3.8, 4) is 0 Å². The van der Waals surface area contributed by atoms with Crippen molar-refractivity contribution in [1.82, 2.24) is 4.90 Å². The van der Waals surface area contributed by atoms with Gasteiger partial charge in [-0.1, -0.05) is 0 Å². The third-order valence-corrected chi connectivity index (χ3v) is 2.75. The van der Waals surface area contributed by atoms with Crippen LogP contribution < -0.4 is 154 Å². The molecule has 0 spiro atoms. The quantitative estimate of drug-likeness (QED) is 0.251. The molecular formula is C3H6K3NO7S3. The van der Waals surface area contributed by atoms with Gasteiger partial charge in [0.15, 0.2) is 0 Å². The molecule has 0 N–H and O–H groups in total. The van der Waals surface area contributed by atoms with Gasteiger partial charge in [0.2, 0.25) is 0 Å². The van der Waals surface area contributed by atoms with Gasteiger partial charge in [0.1, 0.15) is 10.1 Å². The minimum atomic E-state index is -4.69. The standard InChI is InChI=1S/C3H9NO7S3.3K/c5-12(6)1-4(2-13(7)8)3-14(9,10)11;;;/h1-3H2,(H,5,6)(H,7,8)(H,9,10,11);;;/q;3*+1/p-3. The summed E-state index contributed by atoms with van der Waals surface area (Å²) in [4.78, 5) is 0.481. The topological polar surface area (TPSA) is 141 Å². The van der Waals surface area contributed by atoms with Gasteiger partial charge in [-0.15, -0.1) is 0 Å². The molecule has 0 aromatic heterocycles. The van der Waals surface area contributed by atoms with E-state index in [4.69, 9.17) is 0 Å². The van der Waals surface area contributed by atoms with Gasteiger partial charge in [-0.3, -0.25) is 13.3 Å². The van der Waals surface area contributed by atoms with Crippen LogP contribution in [0.1, 0.15) is 0 Å². The average Bonchev–Trinajstić information content (AvgIpc) is 1.77. The van der Waals surface area contributed by atoms with Gasteiger partial charge in [-0.25, -0.2) is 8.42 Å². The van der Waals surface area contributed by atoms with E-state index in [1.165, 1.54) is 0 Å². The van der Waals surface area contributed by atoms with Gasteiger partial charge in [0.05, 0.1) is 17.6 Å². The summed E-state index contributed by atoms with van der Waals surface area (Å²) in [5, 5.41) is 0. The Morgan fingerprint density at radius 2 is 1.24 bits per heavy atom. The first-order valence-electron chi connectivity index (χ1n) is 2.98. The molecule has 86 valence electrons. The molecule has 17 heavy (non-hydrogen) atoms. The molecule has 0 aromatic rings. The van der Waals surface area contributed by atoms with E-state index in [0.717, 1.165) is 0 Å². The van der Waals surface area contributed by atoms with Crippen LogP contribution in [0.3, 0.4) is 0 Å². The predicted molar refractivity (Wildman–Crippen MR) is 44.0 cm³/mol. The second-order valence-corrected chi connectivity index (χ2v) is 5.33. The largest absolute Gasteiger partial charge is 1.00 e. The monoisotopic (exact) mass is 381 g/mol. The summed E-state index contributed by atoms with van der Waals surface area (Å²) in [6, 6.07) is 0. The number of hydrogen-bond acceptors (Lipinski definition) is 8. The van der Waals surface area contributed by atoms with E-state index in [1.54, 1.807) is 0 Å². The molecule has 14 heteroatoms. The first-order chi connectivity index (χ1) is 6.20. The fourth-order valence-corrected chi connectivity index (χ4v) is 2.57. The van der Waals surface area contributed by atoms with Gasteiger partial charge < -0.3 is 13.7 Å². The van der Waals surface area contributed by atoms with Crippen molar-refractivity contribution in [3.63, 3.8) is 0 Å². The first kappa shape index (κ1) is 29.9. The summed E-state index contributed by atoms with van der Waals surface area (Å²) in [6.07, 6.45) is 0. The molecule has 2 unspecified atom stereocenters. The smallest absolute Gasteiger partial charge is 0.771 e. The molecular weight excluding hydrogens is 376 g/mol. The van der Waals surface area contributed by atoms with E-state index in [0.29, 0.717) is 4.90 Å². The van der Waals surface area contributed by atoms with Gasteiger partial charge in [-0.2, -0.15) is 0 Å². The van der Waals surface area contributed by atoms with E-state index in [-0.39, 0.29) is 154 Å². The Kier molecular flexibility index (Phi) is 28.0. The predicted octanol–water partition coefficient (Wildman–Crippen LogP) is -11.5. The van der Waals surface area contributed by atoms with Gasteiger partial charge in [-0.05, 0) is 22.2 Å². The molecule has 0 aliphatic heterocycles. The van der Waals surface area contributed by atoms with E-state index >= 15 is 0 Å². The van der Waals surface area contributed by atoms with E-state index in [9.17, 15) is 30.5 Å². The Hall–Kier alpha value is 5.00. The molecule has 0 aromatic carbocycles. The van der Waals surface area contributed by atoms with Crippen molar-refractivity contribution >= 4 is 32.3 Å². The maximum Gasteiger partial charge on any atom is 1.00 e. The number of nitrogens with zero attached hydrogens (tertiary/aromatic N) is 1. The van der Waals surface area contributed by atoms with E-state index in [1.807, 2.05) is 0 Å². The van der Waals surface area contributed by atoms with Crippen molar-refractivity contribution in [1.29, 1.82) is 0 Å². The van der Waals surface area contributed by atoms with Crippen LogP contribution in [0.5, 0.6) is 0 Å². The number of hydrogen-bond donors (Lipinski definition) is 0. The zero-order valence-corrected chi connectivity index (χ0v) is 21.5. The average molecular weight is 382 g/mol. The Balaban J connectivity index is -0.000000282. The number of rotatable bonds is 6. The molecule has 0 aliphatic carbocycles. The van der Waals surface area contributed by atoms with Gasteiger partial charge >= 0.3 is 154 Å². The molecule has 0 bridgehead atoms. The first-order valence-corrected chi connectivity index (χ1v) is 7.05. The van der Waals surface area contributed by atoms with Crippen LogP contribution >= 0.6 is 0 Å². The molecule has 2 atom stereocenters. The SMILES string of the molecule is O=S([O-])CN(CS(=O)[O-])CS(=O)(=O)[O-].[K+].[K+].[K+]. The van der Waals surface area contributed by atoms with Crippen LogP contribution in [-0.2, 0) is 32.3 Å². The Labute approximate surface area is 232 Å². The molecule has 0 aliphatic rings. The Morgan fingerprint density at radius 3 is 1.41 bits per heavy atom. The molecule has 0 fully saturated rings. The fraction of sp³-hybridized carbons (Fsp3) is 1.00. The third kappa shape index (κ3) is 23.4. The van der Waals surface area contributed by atoms with Crippen LogP contribution in [0.2, 0.25) is 0 Å². The summed E-state index contributed by atoms with van der Waals surface area (Å²) in [7, 11) is -4.69. The molecule has 0 rings (SSSR count). The molecule has 0 saturated carbocycles. The molecule has 0 saturated heterocycles. The zero-order chi connectivity index (χ0) is 11.4. The summed E-state index contributed by atoms with van der Waals surface area (Å²) in [5.41, 5.74) is 0. The van der Waals surface area contributed by atoms with Crippen LogP contribution in [0.25, 0.3) is 0 Å². The zero-order valence-electron chi connectivity index (χ0n) is 9.65. The summed E-state index contributed by atoms with van der Waals surface area (Å²) in [5.74, 6) is -2.81. The maximum absolute atomic E-state index is 10.2. The fourth-order valence-electron chi connectivity index (χ4n) is 0.634. The summed E-state index contributed by atoms with van der Waals surface area (Å²) in [6.45, 7) is 0. The van der Waals surface area contributed by atoms with Crippen LogP contribution in [0, 0.1) is 0 Å². The maximum atomic E-state index is 10.2. The van der Waals surface area contributed by atoms with Crippen molar-refractivity contribution < 1.29 is 185 Å². The van der Waals surface area contributed by atoms with Crippen LogP contribution in [-0.4, -0.2) is 53.0 Å². The van der Waals surface area contributed by atoms with Crippen molar-refractivity contribution in [3.05, 3.63) is 0 Å². The van der Waals surface area contributed by atoms with Crippen LogP contribution in [0.4, 0.5) is 0 Å². The molecule has 0 radical (unpaired) electrons. The molecule has 0 heterocycles. The second kappa shape index (κ2) is 15.9. The van der Waals surface area contributed by atoms with Gasteiger partial charge in [0, 0.05) is 0 Å². The minimum absolute atomic E-state index is 0. The summed E-state index contributed by atoms with van der Waals surface area (Å²) >= 11 is -5.29. The third-order valence-electron chi connectivity index (χ3n) is 0.917. The second-order valence-electron chi connectivity index (χ2n) is 2.22. The normalized spacial score (nSPS) is 13.9. The Morgan fingerprint density at radius 1 is 0.941 bits per heavy atom. The molecule has 8 nitrogen and oxygen atoms in total. The Bertz CT molecular complexity index is 319. The van der Waals surface area contributed by atoms with E-state index in [2.05, 4.69) is 0 Å². The van der Waals surface area contributed by atoms with Gasteiger partial charge in [0.25, 0.3) is 0 Å². The van der Waals surface area contributed by atoms with Crippen molar-refractivity contribution in [2.75, 3.05) is 17.6 Å². The van der Waals surface area contributed by atoms with Crippen molar-refractivity contribution in [2.45, 2.75) is 0 Å². The molecule has 0 amide bonds. The van der Waals surface area contributed by atoms with E-state index < -0.39 is 49.9 Å².